The molecule has 2 aromatic rings. The maximum atomic E-state index is 13.1. The first-order valence-corrected chi connectivity index (χ1v) is 13.5. The zero-order chi connectivity index (χ0) is 22.7. The molecule has 1 atom stereocenters. The van der Waals surface area contributed by atoms with Gasteiger partial charge in [-0.15, -0.1) is 11.8 Å². The summed E-state index contributed by atoms with van der Waals surface area (Å²) in [5.41, 5.74) is 1.56. The topological polar surface area (TPSA) is 78.0 Å². The van der Waals surface area contributed by atoms with E-state index < -0.39 is 15.9 Å². The van der Waals surface area contributed by atoms with Crippen molar-refractivity contribution in [3.8, 4) is 0 Å². The van der Waals surface area contributed by atoms with E-state index in [4.69, 9.17) is 0 Å². The van der Waals surface area contributed by atoms with E-state index in [2.05, 4.69) is 0 Å². The molecule has 0 N–H and O–H groups in total. The Morgan fingerprint density at radius 2 is 1.75 bits per heavy atom. The summed E-state index contributed by atoms with van der Waals surface area (Å²) in [4.78, 5) is 30.1. The third-order valence-electron chi connectivity index (χ3n) is 5.97. The maximum absolute atomic E-state index is 13.1. The monoisotopic (exact) mass is 473 g/mol. The second kappa shape index (κ2) is 9.64. The molecular weight excluding hydrogens is 446 g/mol. The molecule has 7 nitrogen and oxygen atoms in total. The molecule has 2 aliphatic heterocycles. The van der Waals surface area contributed by atoms with Gasteiger partial charge in [-0.05, 0) is 30.0 Å². The van der Waals surface area contributed by atoms with E-state index in [1.807, 2.05) is 48.7 Å². The standard InChI is InChI=1S/C23H27N3O4S2/c1-31-21-9-5-8-20(15-21)26-16-19(14-22(26)27)23(28)24-10-12-25(13-11-24)32(29,30)17-18-6-3-2-4-7-18/h2-9,15,19H,10-14,16-17H2,1H3/t19-/m1/s1. The summed E-state index contributed by atoms with van der Waals surface area (Å²) in [5, 5.41) is 0. The molecule has 0 spiro atoms. The van der Waals surface area contributed by atoms with Crippen LogP contribution in [0.4, 0.5) is 5.69 Å². The number of carbonyl (C=O) groups excluding carboxylic acids is 2. The number of hydrogen-bond acceptors (Lipinski definition) is 5. The third kappa shape index (κ3) is 5.00. The first-order chi connectivity index (χ1) is 15.4. The van der Waals surface area contributed by atoms with Crippen molar-refractivity contribution in [2.75, 3.05) is 43.9 Å². The second-order valence-corrected chi connectivity index (χ2v) is 10.9. The van der Waals surface area contributed by atoms with Crippen LogP contribution >= 0.6 is 11.8 Å². The highest BCUT2D eigenvalue weighted by atomic mass is 32.2. The van der Waals surface area contributed by atoms with Crippen LogP contribution in [0.15, 0.2) is 59.5 Å². The van der Waals surface area contributed by atoms with Crippen molar-refractivity contribution >= 4 is 39.3 Å². The van der Waals surface area contributed by atoms with E-state index in [1.165, 1.54) is 4.31 Å². The van der Waals surface area contributed by atoms with Gasteiger partial charge in [0.2, 0.25) is 21.8 Å². The van der Waals surface area contributed by atoms with Crippen LogP contribution in [0.25, 0.3) is 0 Å². The summed E-state index contributed by atoms with van der Waals surface area (Å²) in [5.74, 6) is -0.552. The van der Waals surface area contributed by atoms with Crippen LogP contribution in [0.3, 0.4) is 0 Å². The Kier molecular flexibility index (Phi) is 6.88. The number of rotatable bonds is 6. The van der Waals surface area contributed by atoms with Crippen LogP contribution in [0, 0.1) is 5.92 Å². The number of carbonyl (C=O) groups is 2. The highest BCUT2D eigenvalue weighted by Crippen LogP contribution is 2.29. The fourth-order valence-electron chi connectivity index (χ4n) is 4.22. The van der Waals surface area contributed by atoms with E-state index in [0.717, 1.165) is 16.1 Å². The number of benzene rings is 2. The lowest BCUT2D eigenvalue weighted by Gasteiger charge is -2.35. The molecule has 32 heavy (non-hydrogen) atoms. The molecule has 9 heteroatoms. The quantitative estimate of drug-likeness (QED) is 0.603. The molecule has 0 radical (unpaired) electrons. The second-order valence-electron chi connectivity index (χ2n) is 8.07. The lowest BCUT2D eigenvalue weighted by molar-refractivity contribution is -0.136. The van der Waals surface area contributed by atoms with Crippen molar-refractivity contribution in [3.05, 3.63) is 60.2 Å². The first-order valence-electron chi connectivity index (χ1n) is 10.6. The van der Waals surface area contributed by atoms with Crippen LogP contribution in [0.1, 0.15) is 12.0 Å². The summed E-state index contributed by atoms with van der Waals surface area (Å²) in [6.45, 7) is 1.61. The number of sulfonamides is 1. The van der Waals surface area contributed by atoms with E-state index in [-0.39, 0.29) is 37.1 Å². The summed E-state index contributed by atoms with van der Waals surface area (Å²) >= 11 is 1.61. The zero-order valence-corrected chi connectivity index (χ0v) is 19.6. The lowest BCUT2D eigenvalue weighted by Crippen LogP contribution is -2.52. The van der Waals surface area contributed by atoms with Crippen LogP contribution in [-0.4, -0.2) is 68.4 Å². The van der Waals surface area contributed by atoms with Gasteiger partial charge in [0.25, 0.3) is 0 Å². The highest BCUT2D eigenvalue weighted by Gasteiger charge is 2.39. The smallest absolute Gasteiger partial charge is 0.228 e. The lowest BCUT2D eigenvalue weighted by atomic mass is 10.1. The maximum Gasteiger partial charge on any atom is 0.228 e. The van der Waals surface area contributed by atoms with E-state index >= 15 is 0 Å². The SMILES string of the molecule is CSc1cccc(N2C[C@H](C(=O)N3CCN(S(=O)(=O)Cc4ccccc4)CC3)CC2=O)c1. The number of piperazine rings is 1. The molecule has 2 saturated heterocycles. The molecule has 2 aliphatic rings. The number of anilines is 1. The molecule has 0 saturated carbocycles. The molecule has 4 rings (SSSR count). The minimum Gasteiger partial charge on any atom is -0.340 e. The van der Waals surface area contributed by atoms with Crippen LogP contribution < -0.4 is 4.90 Å². The van der Waals surface area contributed by atoms with Gasteiger partial charge in [0.15, 0.2) is 0 Å². The predicted octanol–water partition coefficient (Wildman–Crippen LogP) is 2.44. The van der Waals surface area contributed by atoms with Gasteiger partial charge in [-0.3, -0.25) is 9.59 Å². The average Bonchev–Trinajstić information content (AvgIpc) is 3.20. The Bertz CT molecular complexity index is 1080. The van der Waals surface area contributed by atoms with Crippen molar-refractivity contribution in [1.29, 1.82) is 0 Å². The van der Waals surface area contributed by atoms with Crippen molar-refractivity contribution in [2.24, 2.45) is 5.92 Å². The first kappa shape index (κ1) is 22.8. The van der Waals surface area contributed by atoms with Crippen LogP contribution in [0.2, 0.25) is 0 Å². The Hall–Kier alpha value is -2.36. The van der Waals surface area contributed by atoms with Crippen molar-refractivity contribution in [3.63, 3.8) is 0 Å². The molecular formula is C23H27N3O4S2. The van der Waals surface area contributed by atoms with Gasteiger partial charge in [-0.25, -0.2) is 8.42 Å². The van der Waals surface area contributed by atoms with Crippen molar-refractivity contribution < 1.29 is 18.0 Å². The molecule has 2 heterocycles. The average molecular weight is 474 g/mol. The molecule has 2 amide bonds. The third-order valence-corrected chi connectivity index (χ3v) is 8.55. The van der Waals surface area contributed by atoms with Gasteiger partial charge >= 0.3 is 0 Å². The van der Waals surface area contributed by atoms with Gasteiger partial charge in [0, 0.05) is 49.7 Å². The number of nitrogens with zero attached hydrogens (tertiary/aromatic N) is 3. The van der Waals surface area contributed by atoms with Gasteiger partial charge < -0.3 is 9.80 Å². The van der Waals surface area contributed by atoms with Gasteiger partial charge in [-0.1, -0.05) is 36.4 Å². The Morgan fingerprint density at radius 3 is 2.44 bits per heavy atom. The Morgan fingerprint density at radius 1 is 1.03 bits per heavy atom. The number of hydrogen-bond donors (Lipinski definition) is 0. The van der Waals surface area contributed by atoms with Crippen LogP contribution in [-0.2, 0) is 25.4 Å². The van der Waals surface area contributed by atoms with E-state index in [1.54, 1.807) is 33.7 Å². The molecule has 0 unspecified atom stereocenters. The normalized spacial score (nSPS) is 20.0. The summed E-state index contributed by atoms with van der Waals surface area (Å²) in [6, 6.07) is 16.9. The van der Waals surface area contributed by atoms with Crippen LogP contribution in [0.5, 0.6) is 0 Å². The molecule has 0 aliphatic carbocycles. The van der Waals surface area contributed by atoms with Crippen molar-refractivity contribution in [2.45, 2.75) is 17.1 Å². The molecule has 0 aromatic heterocycles. The minimum atomic E-state index is -3.43. The highest BCUT2D eigenvalue weighted by molar-refractivity contribution is 7.98. The molecule has 2 aromatic carbocycles. The summed E-state index contributed by atoms with van der Waals surface area (Å²) in [7, 11) is -3.43. The largest absolute Gasteiger partial charge is 0.340 e. The fourth-order valence-corrected chi connectivity index (χ4v) is 6.19. The molecule has 0 bridgehead atoms. The predicted molar refractivity (Wildman–Crippen MR) is 126 cm³/mol. The van der Waals surface area contributed by atoms with Gasteiger partial charge in [0.1, 0.15) is 0 Å². The molecule has 2 fully saturated rings. The van der Waals surface area contributed by atoms with E-state index in [9.17, 15) is 18.0 Å². The van der Waals surface area contributed by atoms with E-state index in [0.29, 0.717) is 19.6 Å². The summed E-state index contributed by atoms with van der Waals surface area (Å²) in [6.07, 6.45) is 2.17. The Labute approximate surface area is 193 Å². The number of thioether (sulfide) groups is 1. The van der Waals surface area contributed by atoms with Gasteiger partial charge in [-0.2, -0.15) is 4.31 Å². The minimum absolute atomic E-state index is 0.0387. The van der Waals surface area contributed by atoms with Gasteiger partial charge in [0.05, 0.1) is 11.7 Å². The summed E-state index contributed by atoms with van der Waals surface area (Å²) < 4.78 is 27.0. The number of amides is 2. The zero-order valence-electron chi connectivity index (χ0n) is 18.0. The van der Waals surface area contributed by atoms with Crippen molar-refractivity contribution in [1.82, 2.24) is 9.21 Å². The fraction of sp³-hybridized carbons (Fsp3) is 0.391. The molecule has 170 valence electrons. The Balaban J connectivity index is 1.35.